The quantitative estimate of drug-likeness (QED) is 0.318. The third-order valence-corrected chi connectivity index (χ3v) is 8.38. The van der Waals surface area contributed by atoms with Crippen molar-refractivity contribution < 1.29 is 17.9 Å². The van der Waals surface area contributed by atoms with E-state index in [0.29, 0.717) is 34.3 Å². The van der Waals surface area contributed by atoms with Crippen LogP contribution < -0.4 is 9.47 Å². The molecule has 0 aliphatic carbocycles. The van der Waals surface area contributed by atoms with E-state index >= 15 is 0 Å². The molecule has 0 amide bonds. The molecule has 2 atom stereocenters. The first-order chi connectivity index (χ1) is 17.3. The summed E-state index contributed by atoms with van der Waals surface area (Å²) in [5.41, 5.74) is 1.67. The molecule has 0 unspecified atom stereocenters. The molecule has 4 rings (SSSR count). The molecule has 36 heavy (non-hydrogen) atoms. The zero-order chi connectivity index (χ0) is 25.9. The Labute approximate surface area is 214 Å². The van der Waals surface area contributed by atoms with E-state index in [1.54, 1.807) is 55.1 Å². The van der Waals surface area contributed by atoms with Crippen molar-refractivity contribution in [3.63, 3.8) is 0 Å². The topological polar surface area (TPSA) is 122 Å². The number of nitrogens with zero attached hydrogens (tertiary/aromatic N) is 6. The summed E-state index contributed by atoms with van der Waals surface area (Å²) in [5.74, 6) is 0.730. The first-order valence-corrected chi connectivity index (χ1v) is 13.1. The molecular formula is C24H25ClN6O4S. The van der Waals surface area contributed by atoms with E-state index in [4.69, 9.17) is 21.1 Å². The number of pyridine rings is 1. The van der Waals surface area contributed by atoms with Gasteiger partial charge in [-0.1, -0.05) is 24.6 Å². The maximum Gasteiger partial charge on any atom is 0.170 e. The molecule has 3 heterocycles. The number of para-hydroxylation sites is 1. The SMILES string of the molecule is COc1cccc(OC)c1-n1c(CS(=O)(=O)[C@@H](C)[C@H](C)c2cnc(Cl)cn2)nnc1-c1cccnc1. The van der Waals surface area contributed by atoms with Gasteiger partial charge >= 0.3 is 0 Å². The van der Waals surface area contributed by atoms with Crippen LogP contribution in [-0.2, 0) is 15.6 Å². The lowest BCUT2D eigenvalue weighted by molar-refractivity contribution is 0.390. The van der Waals surface area contributed by atoms with Gasteiger partial charge in [-0.15, -0.1) is 10.2 Å². The van der Waals surface area contributed by atoms with Crippen molar-refractivity contribution >= 4 is 21.4 Å². The Morgan fingerprint density at radius 3 is 2.28 bits per heavy atom. The third kappa shape index (κ3) is 5.02. The number of halogens is 1. The fourth-order valence-electron chi connectivity index (χ4n) is 3.80. The van der Waals surface area contributed by atoms with Gasteiger partial charge in [0.25, 0.3) is 0 Å². The minimum Gasteiger partial charge on any atom is -0.494 e. The number of methoxy groups -OCH3 is 2. The summed E-state index contributed by atoms with van der Waals surface area (Å²) in [6.45, 7) is 3.43. The fourth-order valence-corrected chi connectivity index (χ4v) is 5.47. The molecule has 10 nitrogen and oxygen atoms in total. The molecule has 0 bridgehead atoms. The first kappa shape index (κ1) is 25.5. The van der Waals surface area contributed by atoms with Crippen LogP contribution in [0.25, 0.3) is 17.1 Å². The Morgan fingerprint density at radius 2 is 1.69 bits per heavy atom. The predicted octanol–water partition coefficient (Wildman–Crippen LogP) is 3.90. The number of benzene rings is 1. The first-order valence-electron chi connectivity index (χ1n) is 11.0. The summed E-state index contributed by atoms with van der Waals surface area (Å²) in [6.07, 6.45) is 6.16. The van der Waals surface area contributed by atoms with E-state index in [0.717, 1.165) is 0 Å². The van der Waals surface area contributed by atoms with Crippen molar-refractivity contribution in [2.24, 2.45) is 0 Å². The van der Waals surface area contributed by atoms with Crippen LogP contribution in [0.3, 0.4) is 0 Å². The molecule has 1 aromatic carbocycles. The molecule has 0 radical (unpaired) electrons. The van der Waals surface area contributed by atoms with Crippen molar-refractivity contribution in [1.29, 1.82) is 0 Å². The average molecular weight is 529 g/mol. The summed E-state index contributed by atoms with van der Waals surface area (Å²) in [4.78, 5) is 12.4. The summed E-state index contributed by atoms with van der Waals surface area (Å²) in [7, 11) is -0.676. The van der Waals surface area contributed by atoms with E-state index in [1.807, 2.05) is 6.07 Å². The highest BCUT2D eigenvalue weighted by molar-refractivity contribution is 7.91. The molecular weight excluding hydrogens is 504 g/mol. The maximum atomic E-state index is 13.6. The number of rotatable bonds is 9. The highest BCUT2D eigenvalue weighted by Gasteiger charge is 2.32. The Bertz CT molecular complexity index is 1420. The molecule has 0 N–H and O–H groups in total. The van der Waals surface area contributed by atoms with Crippen LogP contribution in [0.1, 0.15) is 31.3 Å². The molecule has 4 aromatic rings. The molecule has 0 saturated heterocycles. The van der Waals surface area contributed by atoms with Crippen LogP contribution >= 0.6 is 11.6 Å². The molecule has 188 valence electrons. The van der Waals surface area contributed by atoms with Gasteiger partial charge in [0, 0.05) is 23.9 Å². The van der Waals surface area contributed by atoms with Crippen LogP contribution in [0.2, 0.25) is 5.15 Å². The van der Waals surface area contributed by atoms with E-state index in [-0.39, 0.29) is 16.7 Å². The largest absolute Gasteiger partial charge is 0.494 e. The number of hydrogen-bond acceptors (Lipinski definition) is 9. The van der Waals surface area contributed by atoms with E-state index < -0.39 is 21.0 Å². The zero-order valence-electron chi connectivity index (χ0n) is 20.2. The number of ether oxygens (including phenoxy) is 2. The van der Waals surface area contributed by atoms with Crippen molar-refractivity contribution in [3.8, 4) is 28.6 Å². The maximum absolute atomic E-state index is 13.6. The normalized spacial score (nSPS) is 13.2. The van der Waals surface area contributed by atoms with Gasteiger partial charge in [0.2, 0.25) is 0 Å². The summed E-state index contributed by atoms with van der Waals surface area (Å²) >= 11 is 5.84. The van der Waals surface area contributed by atoms with Gasteiger partial charge in [-0.2, -0.15) is 0 Å². The van der Waals surface area contributed by atoms with E-state index in [1.165, 1.54) is 26.6 Å². The second-order valence-electron chi connectivity index (χ2n) is 8.09. The Morgan fingerprint density at radius 1 is 0.972 bits per heavy atom. The molecule has 3 aromatic heterocycles. The van der Waals surface area contributed by atoms with Crippen molar-refractivity contribution in [2.45, 2.75) is 30.8 Å². The Balaban J connectivity index is 1.81. The van der Waals surface area contributed by atoms with Gasteiger partial charge in [0.05, 0.1) is 37.6 Å². The standard InChI is InChI=1S/C24H25ClN6O4S/c1-15(18-12-28-21(25)13-27-18)16(2)36(32,33)14-22-29-30-24(17-7-6-10-26-11-17)31(22)23-19(34-3)8-5-9-20(23)35-4/h5-13,15-16H,14H2,1-4H3/t15-,16-/m0/s1. The summed E-state index contributed by atoms with van der Waals surface area (Å²) in [5, 5.41) is 8.06. The van der Waals surface area contributed by atoms with E-state index in [9.17, 15) is 8.42 Å². The van der Waals surface area contributed by atoms with Gasteiger partial charge in [-0.25, -0.2) is 13.4 Å². The second-order valence-corrected chi connectivity index (χ2v) is 10.8. The molecule has 0 saturated carbocycles. The smallest absolute Gasteiger partial charge is 0.170 e. The lowest BCUT2D eigenvalue weighted by Gasteiger charge is -2.21. The summed E-state index contributed by atoms with van der Waals surface area (Å²) in [6, 6.07) is 8.88. The van der Waals surface area contributed by atoms with Gasteiger partial charge in [0.1, 0.15) is 28.1 Å². The second kappa shape index (κ2) is 10.6. The van der Waals surface area contributed by atoms with Crippen molar-refractivity contribution in [1.82, 2.24) is 29.7 Å². The number of hydrogen-bond donors (Lipinski definition) is 0. The van der Waals surface area contributed by atoms with Crippen LogP contribution in [0.4, 0.5) is 0 Å². The van der Waals surface area contributed by atoms with Crippen molar-refractivity contribution in [2.75, 3.05) is 14.2 Å². The number of sulfone groups is 1. The molecule has 0 fully saturated rings. The zero-order valence-corrected chi connectivity index (χ0v) is 21.7. The molecule has 0 spiro atoms. The monoisotopic (exact) mass is 528 g/mol. The van der Waals surface area contributed by atoms with Crippen LogP contribution in [-0.4, -0.2) is 57.6 Å². The molecule has 0 aliphatic rings. The highest BCUT2D eigenvalue weighted by atomic mass is 35.5. The van der Waals surface area contributed by atoms with E-state index in [2.05, 4.69) is 25.1 Å². The van der Waals surface area contributed by atoms with Crippen LogP contribution in [0.5, 0.6) is 11.5 Å². The van der Waals surface area contributed by atoms with Crippen LogP contribution in [0.15, 0.2) is 55.1 Å². The minimum absolute atomic E-state index is 0.206. The lowest BCUT2D eigenvalue weighted by atomic mass is 10.1. The van der Waals surface area contributed by atoms with Crippen LogP contribution in [0, 0.1) is 0 Å². The third-order valence-electron chi connectivity index (χ3n) is 5.98. The number of aromatic nitrogens is 6. The Kier molecular flexibility index (Phi) is 7.51. The lowest BCUT2D eigenvalue weighted by Crippen LogP contribution is -2.27. The fraction of sp³-hybridized carbons (Fsp3) is 0.292. The van der Waals surface area contributed by atoms with Gasteiger partial charge < -0.3 is 9.47 Å². The summed E-state index contributed by atoms with van der Waals surface area (Å²) < 4.78 is 40.0. The minimum atomic E-state index is -3.73. The Hall–Kier alpha value is -3.57. The molecule has 12 heteroatoms. The highest BCUT2D eigenvalue weighted by Crippen LogP contribution is 2.37. The van der Waals surface area contributed by atoms with Gasteiger partial charge in [-0.3, -0.25) is 14.5 Å². The predicted molar refractivity (Wildman–Crippen MR) is 135 cm³/mol. The van der Waals surface area contributed by atoms with Crippen molar-refractivity contribution in [3.05, 3.63) is 71.8 Å². The van der Waals surface area contributed by atoms with Gasteiger partial charge in [-0.05, 0) is 31.2 Å². The average Bonchev–Trinajstić information content (AvgIpc) is 3.30. The molecule has 0 aliphatic heterocycles. The van der Waals surface area contributed by atoms with Gasteiger partial charge in [0.15, 0.2) is 21.5 Å².